The molecule has 1 saturated heterocycles. The molecular formula is C9H17NO. The fourth-order valence-corrected chi connectivity index (χ4v) is 2.67. The van der Waals surface area contributed by atoms with Crippen LogP contribution in [0.2, 0.25) is 0 Å². The predicted molar refractivity (Wildman–Crippen MR) is 44.3 cm³/mol. The van der Waals surface area contributed by atoms with E-state index in [9.17, 15) is 0 Å². The van der Waals surface area contributed by atoms with Crippen molar-refractivity contribution in [3.05, 3.63) is 0 Å². The lowest BCUT2D eigenvalue weighted by molar-refractivity contribution is 0.213. The molecule has 2 aliphatic rings. The smallest absolute Gasteiger partial charge is 0.0459 e. The van der Waals surface area contributed by atoms with Crippen molar-refractivity contribution in [3.8, 4) is 0 Å². The van der Waals surface area contributed by atoms with E-state index in [-0.39, 0.29) is 0 Å². The summed E-state index contributed by atoms with van der Waals surface area (Å²) in [6.07, 6.45) is 5.18. The van der Waals surface area contributed by atoms with Crippen LogP contribution in [-0.2, 0) is 0 Å². The molecule has 0 bridgehead atoms. The average molecular weight is 155 g/mol. The van der Waals surface area contributed by atoms with Gasteiger partial charge in [-0.15, -0.1) is 0 Å². The lowest BCUT2D eigenvalue weighted by atomic mass is 9.85. The van der Waals surface area contributed by atoms with E-state index in [1.807, 2.05) is 0 Å². The molecule has 2 heteroatoms. The van der Waals surface area contributed by atoms with Gasteiger partial charge in [0, 0.05) is 13.2 Å². The Labute approximate surface area is 68.0 Å². The number of aliphatic hydroxyl groups is 1. The summed E-state index contributed by atoms with van der Waals surface area (Å²) in [5.74, 6) is 0.606. The van der Waals surface area contributed by atoms with Crippen LogP contribution in [0.15, 0.2) is 0 Å². The van der Waals surface area contributed by atoms with Crippen LogP contribution in [0.5, 0.6) is 0 Å². The van der Waals surface area contributed by atoms with Gasteiger partial charge >= 0.3 is 0 Å². The van der Waals surface area contributed by atoms with Crippen molar-refractivity contribution >= 4 is 0 Å². The van der Waals surface area contributed by atoms with Gasteiger partial charge in [-0.05, 0) is 43.6 Å². The van der Waals surface area contributed by atoms with Crippen molar-refractivity contribution in [1.82, 2.24) is 5.32 Å². The highest BCUT2D eigenvalue weighted by atomic mass is 16.3. The first-order valence-corrected chi connectivity index (χ1v) is 4.66. The Kier molecular flexibility index (Phi) is 1.90. The first-order chi connectivity index (χ1) is 5.35. The zero-order chi connectivity index (χ0) is 7.73. The summed E-state index contributed by atoms with van der Waals surface area (Å²) >= 11 is 0. The van der Waals surface area contributed by atoms with Gasteiger partial charge in [-0.2, -0.15) is 0 Å². The van der Waals surface area contributed by atoms with Gasteiger partial charge in [-0.3, -0.25) is 0 Å². The number of rotatable bonds is 1. The van der Waals surface area contributed by atoms with Crippen LogP contribution < -0.4 is 5.32 Å². The summed E-state index contributed by atoms with van der Waals surface area (Å²) in [6, 6.07) is 0. The zero-order valence-electron chi connectivity index (χ0n) is 6.97. The van der Waals surface area contributed by atoms with E-state index >= 15 is 0 Å². The Hall–Kier alpha value is -0.0800. The largest absolute Gasteiger partial charge is 0.396 e. The molecule has 1 spiro atoms. The summed E-state index contributed by atoms with van der Waals surface area (Å²) in [6.45, 7) is 2.80. The summed E-state index contributed by atoms with van der Waals surface area (Å²) in [7, 11) is 0. The van der Waals surface area contributed by atoms with Gasteiger partial charge < -0.3 is 10.4 Å². The normalized spacial score (nSPS) is 43.9. The molecule has 2 rings (SSSR count). The van der Waals surface area contributed by atoms with Gasteiger partial charge in [0.1, 0.15) is 0 Å². The Morgan fingerprint density at radius 1 is 1.45 bits per heavy atom. The number of nitrogens with one attached hydrogen (secondary N) is 1. The van der Waals surface area contributed by atoms with Gasteiger partial charge in [-0.1, -0.05) is 0 Å². The quantitative estimate of drug-likeness (QED) is 0.586. The summed E-state index contributed by atoms with van der Waals surface area (Å²) in [4.78, 5) is 0. The molecule has 64 valence electrons. The molecule has 0 amide bonds. The molecule has 1 aliphatic heterocycles. The van der Waals surface area contributed by atoms with E-state index < -0.39 is 0 Å². The molecule has 2 nitrogen and oxygen atoms in total. The van der Waals surface area contributed by atoms with Crippen molar-refractivity contribution in [1.29, 1.82) is 0 Å². The van der Waals surface area contributed by atoms with Crippen LogP contribution in [0.1, 0.15) is 25.7 Å². The zero-order valence-corrected chi connectivity index (χ0v) is 6.97. The summed E-state index contributed by atoms with van der Waals surface area (Å²) < 4.78 is 0. The predicted octanol–water partition coefficient (Wildman–Crippen LogP) is 0.758. The van der Waals surface area contributed by atoms with Crippen molar-refractivity contribution in [3.63, 3.8) is 0 Å². The van der Waals surface area contributed by atoms with Gasteiger partial charge in [0.2, 0.25) is 0 Å². The minimum absolute atomic E-state index is 0.405. The molecule has 1 heterocycles. The van der Waals surface area contributed by atoms with Crippen LogP contribution >= 0.6 is 0 Å². The first kappa shape index (κ1) is 7.56. The van der Waals surface area contributed by atoms with E-state index in [1.54, 1.807) is 0 Å². The molecule has 2 atom stereocenters. The molecule has 2 fully saturated rings. The molecule has 1 aliphatic carbocycles. The van der Waals surface area contributed by atoms with Crippen LogP contribution in [0, 0.1) is 11.3 Å². The molecule has 0 radical (unpaired) electrons. The summed E-state index contributed by atoms with van der Waals surface area (Å²) in [5, 5.41) is 12.4. The Morgan fingerprint density at radius 2 is 2.36 bits per heavy atom. The highest BCUT2D eigenvalue weighted by Crippen LogP contribution is 2.45. The van der Waals surface area contributed by atoms with Crippen molar-refractivity contribution in [2.24, 2.45) is 11.3 Å². The third kappa shape index (κ3) is 1.30. The maximum absolute atomic E-state index is 8.99. The molecule has 2 N–H and O–H groups in total. The number of hydrogen-bond acceptors (Lipinski definition) is 2. The maximum Gasteiger partial charge on any atom is 0.0459 e. The van der Waals surface area contributed by atoms with Crippen LogP contribution in [0.4, 0.5) is 0 Å². The SMILES string of the molecule is OC[C@@H]1CC[C@]2(CCNC2)C1. The minimum Gasteiger partial charge on any atom is -0.396 e. The Balaban J connectivity index is 1.96. The highest BCUT2D eigenvalue weighted by molar-refractivity contribution is 4.94. The first-order valence-electron chi connectivity index (χ1n) is 4.66. The number of aliphatic hydroxyl groups excluding tert-OH is 1. The lowest BCUT2D eigenvalue weighted by Gasteiger charge is -2.21. The molecule has 0 aromatic heterocycles. The second-order valence-corrected chi connectivity index (χ2v) is 4.22. The topological polar surface area (TPSA) is 32.3 Å². The van der Waals surface area contributed by atoms with E-state index in [4.69, 9.17) is 5.11 Å². The molecule has 1 saturated carbocycles. The molecule has 0 unspecified atom stereocenters. The lowest BCUT2D eigenvalue weighted by Crippen LogP contribution is -2.20. The fraction of sp³-hybridized carbons (Fsp3) is 1.00. The molecule has 0 aromatic rings. The Bertz CT molecular complexity index is 140. The third-order valence-electron chi connectivity index (χ3n) is 3.39. The van der Waals surface area contributed by atoms with Crippen molar-refractivity contribution in [2.45, 2.75) is 25.7 Å². The standard InChI is InChI=1S/C9H17NO/c11-6-8-1-2-9(5-8)3-4-10-7-9/h8,10-11H,1-7H2/t8-,9+/m1/s1. The van der Waals surface area contributed by atoms with E-state index in [1.165, 1.54) is 38.8 Å². The van der Waals surface area contributed by atoms with E-state index in [2.05, 4.69) is 5.32 Å². The van der Waals surface area contributed by atoms with Crippen LogP contribution in [0.3, 0.4) is 0 Å². The van der Waals surface area contributed by atoms with Gasteiger partial charge in [0.05, 0.1) is 0 Å². The van der Waals surface area contributed by atoms with Crippen LogP contribution in [-0.4, -0.2) is 24.8 Å². The monoisotopic (exact) mass is 155 g/mol. The van der Waals surface area contributed by atoms with Gasteiger partial charge in [0.25, 0.3) is 0 Å². The average Bonchev–Trinajstić information content (AvgIpc) is 2.62. The Morgan fingerprint density at radius 3 is 2.91 bits per heavy atom. The maximum atomic E-state index is 8.99. The van der Waals surface area contributed by atoms with Gasteiger partial charge in [-0.25, -0.2) is 0 Å². The third-order valence-corrected chi connectivity index (χ3v) is 3.39. The number of hydrogen-bond donors (Lipinski definition) is 2. The summed E-state index contributed by atoms with van der Waals surface area (Å²) in [5.41, 5.74) is 0.591. The fourth-order valence-electron chi connectivity index (χ4n) is 2.67. The van der Waals surface area contributed by atoms with E-state index in [0.29, 0.717) is 17.9 Å². The molecule has 0 aromatic carbocycles. The second kappa shape index (κ2) is 2.76. The van der Waals surface area contributed by atoms with Gasteiger partial charge in [0.15, 0.2) is 0 Å². The molecular weight excluding hydrogens is 138 g/mol. The van der Waals surface area contributed by atoms with Crippen LogP contribution in [0.25, 0.3) is 0 Å². The van der Waals surface area contributed by atoms with Crippen molar-refractivity contribution in [2.75, 3.05) is 19.7 Å². The van der Waals surface area contributed by atoms with Crippen molar-refractivity contribution < 1.29 is 5.11 Å². The molecule has 11 heavy (non-hydrogen) atoms. The highest BCUT2D eigenvalue weighted by Gasteiger charge is 2.40. The van der Waals surface area contributed by atoms with E-state index in [0.717, 1.165) is 0 Å². The second-order valence-electron chi connectivity index (χ2n) is 4.22. The minimum atomic E-state index is 0.405.